The van der Waals surface area contributed by atoms with Gasteiger partial charge >= 0.3 is 0 Å². The fourth-order valence-corrected chi connectivity index (χ4v) is 3.49. The lowest BCUT2D eigenvalue weighted by Gasteiger charge is -2.22. The van der Waals surface area contributed by atoms with Crippen molar-refractivity contribution in [3.05, 3.63) is 144 Å². The van der Waals surface area contributed by atoms with Gasteiger partial charge in [-0.3, -0.25) is 0 Å². The molecule has 0 heteroatoms. The molecule has 0 bridgehead atoms. The molecule has 4 rings (SSSR count). The van der Waals surface area contributed by atoms with Crippen molar-refractivity contribution >= 4 is 0 Å². The zero-order chi connectivity index (χ0) is 41.1. The third-order valence-corrected chi connectivity index (χ3v) is 7.03. The topological polar surface area (TPSA) is 0 Å². The Morgan fingerprint density at radius 1 is 0.302 bits per heavy atom. The van der Waals surface area contributed by atoms with E-state index in [9.17, 15) is 0 Å². The molecule has 0 nitrogen and oxygen atoms in total. The maximum absolute atomic E-state index is 2.33. The van der Waals surface area contributed by atoms with Gasteiger partial charge in [0.2, 0.25) is 0 Å². The second-order valence-electron chi connectivity index (χ2n) is 11.1. The van der Waals surface area contributed by atoms with Gasteiger partial charge in [-0.1, -0.05) is 304 Å². The van der Waals surface area contributed by atoms with E-state index < -0.39 is 0 Å². The summed E-state index contributed by atoms with van der Waals surface area (Å²) in [4.78, 5) is 0. The quantitative estimate of drug-likeness (QED) is 0.161. The van der Waals surface area contributed by atoms with Crippen LogP contribution in [-0.2, 0) is 0 Å². The van der Waals surface area contributed by atoms with Crippen molar-refractivity contribution in [2.75, 3.05) is 0 Å². The van der Waals surface area contributed by atoms with Crippen LogP contribution in [0.4, 0.5) is 0 Å². The summed E-state index contributed by atoms with van der Waals surface area (Å²) in [6.07, 6.45) is 11.7. The van der Waals surface area contributed by atoms with Crippen LogP contribution in [0.2, 0.25) is 0 Å². The van der Waals surface area contributed by atoms with Crippen molar-refractivity contribution < 1.29 is 0 Å². The third-order valence-electron chi connectivity index (χ3n) is 7.03. The molecule has 53 heavy (non-hydrogen) atoms. The Bertz CT molecular complexity index is 918. The van der Waals surface area contributed by atoms with Crippen LogP contribution < -0.4 is 0 Å². The van der Waals surface area contributed by atoms with Crippen molar-refractivity contribution in [2.45, 2.75) is 195 Å². The zero-order valence-electron chi connectivity index (χ0n) is 38.1. The van der Waals surface area contributed by atoms with E-state index in [4.69, 9.17) is 0 Å². The van der Waals surface area contributed by atoms with Crippen molar-refractivity contribution in [3.8, 4) is 0 Å². The molecule has 4 aromatic rings. The summed E-state index contributed by atoms with van der Waals surface area (Å²) in [7, 11) is 0. The third kappa shape index (κ3) is 48.9. The van der Waals surface area contributed by atoms with Crippen molar-refractivity contribution in [1.29, 1.82) is 0 Å². The summed E-state index contributed by atoms with van der Waals surface area (Å²) in [5.41, 5.74) is 4.22. The van der Waals surface area contributed by atoms with Crippen LogP contribution in [0.5, 0.6) is 0 Å². The first kappa shape index (κ1) is 64.8. The smallest absolute Gasteiger partial charge is 0.00950 e. The van der Waals surface area contributed by atoms with Gasteiger partial charge in [0.25, 0.3) is 0 Å². The number of rotatable bonds is 9. The van der Waals surface area contributed by atoms with E-state index in [1.54, 1.807) is 0 Å². The Balaban J connectivity index is -0.000000113. The van der Waals surface area contributed by atoms with Gasteiger partial charge < -0.3 is 0 Å². The van der Waals surface area contributed by atoms with Gasteiger partial charge in [-0.2, -0.15) is 0 Å². The Morgan fingerprint density at radius 3 is 0.660 bits per heavy atom. The summed E-state index contributed by atoms with van der Waals surface area (Å²) in [5, 5.41) is 0. The maximum Gasteiger partial charge on any atom is 0.00950 e. The highest BCUT2D eigenvalue weighted by molar-refractivity contribution is 5.33. The molecule has 1 unspecified atom stereocenters. The molecule has 0 saturated heterocycles. The molecule has 308 valence electrons. The highest BCUT2D eigenvalue weighted by atomic mass is 14.2. The molecule has 0 amide bonds. The van der Waals surface area contributed by atoms with Crippen molar-refractivity contribution in [1.82, 2.24) is 0 Å². The Morgan fingerprint density at radius 2 is 0.472 bits per heavy atom. The molecule has 0 aliphatic rings. The normalized spacial score (nSPS) is 8.72. The van der Waals surface area contributed by atoms with E-state index in [2.05, 4.69) is 153 Å². The Hall–Kier alpha value is -3.12. The van der Waals surface area contributed by atoms with E-state index in [1.807, 2.05) is 91.8 Å². The van der Waals surface area contributed by atoms with E-state index >= 15 is 0 Å². The van der Waals surface area contributed by atoms with Crippen LogP contribution in [0.1, 0.15) is 211 Å². The first-order valence-corrected chi connectivity index (χ1v) is 21.6. The molecule has 0 fully saturated rings. The number of unbranched alkanes of at least 4 members (excludes halogenated alkanes) is 4. The number of hydrogen-bond donors (Lipinski definition) is 0. The Labute approximate surface area is 337 Å². The van der Waals surface area contributed by atoms with Crippen molar-refractivity contribution in [3.63, 3.8) is 0 Å². The van der Waals surface area contributed by atoms with Crippen LogP contribution >= 0.6 is 0 Å². The SMILES string of the molecule is C.CC.CC.CC.CC.CC(CC(c1ccccc1)c1ccccc1)c1ccccc1.CCCC.CCCC.CCCC.CCCC.c1ccccc1. The predicted octanol–water partition coefficient (Wildman–Crippen LogP) is 19.7. The van der Waals surface area contributed by atoms with E-state index in [0.717, 1.165) is 6.42 Å². The predicted molar refractivity (Wildman–Crippen MR) is 255 cm³/mol. The first-order valence-electron chi connectivity index (χ1n) is 21.6. The lowest BCUT2D eigenvalue weighted by molar-refractivity contribution is 0.617. The molecule has 0 aromatic heterocycles. The van der Waals surface area contributed by atoms with Crippen LogP contribution in [0.25, 0.3) is 0 Å². The number of benzene rings is 4. The fourth-order valence-electron chi connectivity index (χ4n) is 3.49. The maximum atomic E-state index is 2.33. The van der Waals surface area contributed by atoms with Gasteiger partial charge in [0.15, 0.2) is 0 Å². The van der Waals surface area contributed by atoms with E-state index in [1.165, 1.54) is 68.1 Å². The molecular formula is C53H96. The highest BCUT2D eigenvalue weighted by Crippen LogP contribution is 2.34. The fraction of sp³-hybridized carbons (Fsp3) is 0.547. The average molecular weight is 733 g/mol. The molecule has 0 radical (unpaired) electrons. The molecule has 0 saturated carbocycles. The summed E-state index contributed by atoms with van der Waals surface area (Å²) in [5.74, 6) is 0.976. The molecule has 0 aliphatic carbocycles. The first-order chi connectivity index (χ1) is 25.5. The van der Waals surface area contributed by atoms with Crippen LogP contribution in [0, 0.1) is 0 Å². The second-order valence-corrected chi connectivity index (χ2v) is 11.1. The van der Waals surface area contributed by atoms with Gasteiger partial charge in [0.1, 0.15) is 0 Å². The minimum absolute atomic E-state index is 0. The van der Waals surface area contributed by atoms with Gasteiger partial charge in [0, 0.05) is 5.92 Å². The molecule has 0 N–H and O–H groups in total. The van der Waals surface area contributed by atoms with Gasteiger partial charge in [-0.05, 0) is 29.0 Å². The summed E-state index contributed by atoms with van der Waals surface area (Å²) >= 11 is 0. The van der Waals surface area contributed by atoms with Crippen LogP contribution in [-0.4, -0.2) is 0 Å². The van der Waals surface area contributed by atoms with Gasteiger partial charge in [-0.25, -0.2) is 0 Å². The van der Waals surface area contributed by atoms with E-state index in [-0.39, 0.29) is 7.43 Å². The lowest BCUT2D eigenvalue weighted by atomic mass is 9.82. The standard InChI is InChI=1S/C22H22.C6H6.4C4H10.4C2H6.CH4/c1-18(19-11-5-2-6-12-19)17-22(20-13-7-3-8-14-20)21-15-9-4-10-16-21;1-2-4-6-5-3-1;4*1-3-4-2;4*1-2;/h2-16,18,22H,17H2,1H3;1-6H;4*3-4H2,1-2H3;4*1-2H3;1H4. The summed E-state index contributed by atoms with van der Waals surface area (Å²) in [6.45, 7) is 35.8. The largest absolute Gasteiger partial charge is 0.0776 e. The second kappa shape index (κ2) is 63.9. The highest BCUT2D eigenvalue weighted by Gasteiger charge is 2.18. The summed E-state index contributed by atoms with van der Waals surface area (Å²) < 4.78 is 0. The van der Waals surface area contributed by atoms with E-state index in [0.29, 0.717) is 11.8 Å². The van der Waals surface area contributed by atoms with Gasteiger partial charge in [-0.15, -0.1) is 0 Å². The average Bonchev–Trinajstić information content (AvgIpc) is 3.27. The summed E-state index contributed by atoms with van der Waals surface area (Å²) in [6, 6.07) is 44.5. The van der Waals surface area contributed by atoms with Crippen molar-refractivity contribution in [2.24, 2.45) is 0 Å². The monoisotopic (exact) mass is 733 g/mol. The Kier molecular flexibility index (Phi) is 78.1. The molecule has 4 aromatic carbocycles. The number of hydrogen-bond acceptors (Lipinski definition) is 0. The van der Waals surface area contributed by atoms with Gasteiger partial charge in [0.05, 0.1) is 0 Å². The molecule has 0 aliphatic heterocycles. The minimum Gasteiger partial charge on any atom is -0.0776 e. The molecule has 0 spiro atoms. The molecule has 0 heterocycles. The molecular weight excluding hydrogens is 637 g/mol. The van der Waals surface area contributed by atoms with Crippen LogP contribution in [0.3, 0.4) is 0 Å². The minimum atomic E-state index is 0. The zero-order valence-corrected chi connectivity index (χ0v) is 38.1. The van der Waals surface area contributed by atoms with Crippen LogP contribution in [0.15, 0.2) is 127 Å². The lowest BCUT2D eigenvalue weighted by Crippen LogP contribution is -2.06. The molecule has 1 atom stereocenters.